The number of thioether (sulfide) groups is 1. The number of rotatable bonds is 6. The van der Waals surface area contributed by atoms with E-state index in [4.69, 9.17) is 10.2 Å². The fourth-order valence-corrected chi connectivity index (χ4v) is 3.45. The lowest BCUT2D eigenvalue weighted by molar-refractivity contribution is 0.454. The summed E-state index contributed by atoms with van der Waals surface area (Å²) in [5.74, 6) is 2.47. The van der Waals surface area contributed by atoms with Crippen LogP contribution in [-0.2, 0) is 0 Å². The van der Waals surface area contributed by atoms with E-state index in [-0.39, 0.29) is 11.3 Å². The zero-order valence-electron chi connectivity index (χ0n) is 13.3. The number of hydrogen-bond acceptors (Lipinski definition) is 3. The van der Waals surface area contributed by atoms with Gasteiger partial charge in [0.25, 0.3) is 0 Å². The molecule has 3 heteroatoms. The van der Waals surface area contributed by atoms with Gasteiger partial charge in [-0.1, -0.05) is 32.9 Å². The number of aryl methyl sites for hydroxylation is 1. The third kappa shape index (κ3) is 4.14. The van der Waals surface area contributed by atoms with Crippen molar-refractivity contribution in [2.75, 3.05) is 0 Å². The normalized spacial score (nSPS) is 14.4. The lowest BCUT2D eigenvalue weighted by atomic mass is 10.0. The van der Waals surface area contributed by atoms with Crippen molar-refractivity contribution in [2.45, 2.75) is 56.2 Å². The lowest BCUT2D eigenvalue weighted by Crippen LogP contribution is -2.25. The Morgan fingerprint density at radius 3 is 2.24 bits per heavy atom. The Labute approximate surface area is 132 Å². The Kier molecular flexibility index (Phi) is 5.54. The Balaban J connectivity index is 2.18. The van der Waals surface area contributed by atoms with Crippen LogP contribution in [0, 0.1) is 6.92 Å². The van der Waals surface area contributed by atoms with Crippen molar-refractivity contribution in [3.8, 4) is 0 Å². The predicted octanol–water partition coefficient (Wildman–Crippen LogP) is 5.28. The molecule has 0 fully saturated rings. The van der Waals surface area contributed by atoms with Gasteiger partial charge < -0.3 is 10.2 Å². The maximum atomic E-state index is 6.30. The van der Waals surface area contributed by atoms with Crippen LogP contribution in [0.2, 0.25) is 0 Å². The van der Waals surface area contributed by atoms with Gasteiger partial charge in [-0.2, -0.15) is 0 Å². The molecule has 0 aliphatic heterocycles. The van der Waals surface area contributed by atoms with Gasteiger partial charge in [0.1, 0.15) is 11.5 Å². The summed E-state index contributed by atoms with van der Waals surface area (Å²) in [5, 5.41) is 0.161. The first-order valence-corrected chi connectivity index (χ1v) is 8.47. The Bertz CT molecular complexity index is 559. The van der Waals surface area contributed by atoms with Crippen molar-refractivity contribution in [1.82, 2.24) is 0 Å². The average molecular weight is 303 g/mol. The SMILES string of the molecule is CCC(N)C(Sc1ccc(C(C)C)cc1)c1ccc(C)o1. The summed E-state index contributed by atoms with van der Waals surface area (Å²) in [6.45, 7) is 8.52. The minimum absolute atomic E-state index is 0.0883. The summed E-state index contributed by atoms with van der Waals surface area (Å²) < 4.78 is 5.80. The Hall–Kier alpha value is -1.19. The summed E-state index contributed by atoms with van der Waals surface area (Å²) in [7, 11) is 0. The van der Waals surface area contributed by atoms with Gasteiger partial charge in [-0.25, -0.2) is 0 Å². The molecule has 0 amide bonds. The summed E-state index contributed by atoms with van der Waals surface area (Å²) >= 11 is 1.79. The largest absolute Gasteiger partial charge is 0.465 e. The first kappa shape index (κ1) is 16.2. The first-order chi connectivity index (χ1) is 10.0. The molecule has 21 heavy (non-hydrogen) atoms. The highest BCUT2D eigenvalue weighted by Crippen LogP contribution is 2.39. The molecule has 114 valence electrons. The summed E-state index contributed by atoms with van der Waals surface area (Å²) in [4.78, 5) is 1.24. The predicted molar refractivity (Wildman–Crippen MR) is 90.8 cm³/mol. The second-order valence-corrected chi connectivity index (χ2v) is 7.00. The molecule has 1 aromatic heterocycles. The van der Waals surface area contributed by atoms with E-state index in [0.29, 0.717) is 5.92 Å². The Morgan fingerprint density at radius 2 is 1.76 bits per heavy atom. The van der Waals surface area contributed by atoms with Crippen molar-refractivity contribution in [3.63, 3.8) is 0 Å². The van der Waals surface area contributed by atoms with Crippen LogP contribution in [0.25, 0.3) is 0 Å². The van der Waals surface area contributed by atoms with Crippen LogP contribution in [0.3, 0.4) is 0 Å². The second-order valence-electron chi connectivity index (χ2n) is 5.78. The molecule has 2 nitrogen and oxygen atoms in total. The van der Waals surface area contributed by atoms with Crippen molar-refractivity contribution in [3.05, 3.63) is 53.5 Å². The van der Waals surface area contributed by atoms with E-state index in [1.807, 2.05) is 19.1 Å². The summed E-state index contributed by atoms with van der Waals surface area (Å²) in [6, 6.07) is 12.9. The summed E-state index contributed by atoms with van der Waals surface area (Å²) in [6.07, 6.45) is 0.932. The standard InChI is InChI=1S/C18H25NOS/c1-5-16(19)18(17-11-6-13(4)20-17)21-15-9-7-14(8-10-15)12(2)3/h6-12,16,18H,5,19H2,1-4H3. The molecule has 0 spiro atoms. The molecule has 0 saturated heterocycles. The zero-order valence-corrected chi connectivity index (χ0v) is 14.1. The third-order valence-electron chi connectivity index (χ3n) is 3.71. The van der Waals surface area contributed by atoms with Crippen LogP contribution in [-0.4, -0.2) is 6.04 Å². The minimum Gasteiger partial charge on any atom is -0.465 e. The molecule has 2 aromatic rings. The van der Waals surface area contributed by atoms with Crippen molar-refractivity contribution >= 4 is 11.8 Å². The molecule has 2 unspecified atom stereocenters. The van der Waals surface area contributed by atoms with Gasteiger partial charge in [-0.05, 0) is 49.1 Å². The van der Waals surface area contributed by atoms with E-state index in [0.717, 1.165) is 17.9 Å². The maximum absolute atomic E-state index is 6.30. The topological polar surface area (TPSA) is 39.2 Å². The van der Waals surface area contributed by atoms with Crippen molar-refractivity contribution in [2.24, 2.45) is 5.73 Å². The van der Waals surface area contributed by atoms with Crippen LogP contribution in [0.1, 0.15) is 55.4 Å². The second kappa shape index (κ2) is 7.19. The lowest BCUT2D eigenvalue weighted by Gasteiger charge is -2.20. The zero-order chi connectivity index (χ0) is 15.4. The molecule has 1 aromatic carbocycles. The molecule has 0 saturated carbocycles. The molecule has 1 heterocycles. The molecule has 2 N–H and O–H groups in total. The highest BCUT2D eigenvalue weighted by molar-refractivity contribution is 7.99. The molecule has 0 bridgehead atoms. The molecule has 2 rings (SSSR count). The van der Waals surface area contributed by atoms with Crippen LogP contribution >= 0.6 is 11.8 Å². The quantitative estimate of drug-likeness (QED) is 0.738. The molecule has 0 aliphatic carbocycles. The van der Waals surface area contributed by atoms with Crippen molar-refractivity contribution < 1.29 is 4.42 Å². The summed E-state index contributed by atoms with van der Waals surface area (Å²) in [5.41, 5.74) is 7.67. The van der Waals surface area contributed by atoms with Gasteiger partial charge >= 0.3 is 0 Å². The molecule has 2 atom stereocenters. The maximum Gasteiger partial charge on any atom is 0.119 e. The minimum atomic E-state index is 0.0883. The van der Waals surface area contributed by atoms with Crippen LogP contribution in [0.5, 0.6) is 0 Å². The highest BCUT2D eigenvalue weighted by atomic mass is 32.2. The molecular weight excluding hydrogens is 278 g/mol. The number of furan rings is 1. The van der Waals surface area contributed by atoms with E-state index in [9.17, 15) is 0 Å². The van der Waals surface area contributed by atoms with E-state index in [1.54, 1.807) is 11.8 Å². The van der Waals surface area contributed by atoms with Gasteiger partial charge in [0.05, 0.1) is 5.25 Å². The Morgan fingerprint density at radius 1 is 1.10 bits per heavy atom. The molecule has 0 radical (unpaired) electrons. The van der Waals surface area contributed by atoms with E-state index in [1.165, 1.54) is 10.5 Å². The van der Waals surface area contributed by atoms with E-state index >= 15 is 0 Å². The average Bonchev–Trinajstić information content (AvgIpc) is 2.90. The van der Waals surface area contributed by atoms with Gasteiger partial charge in [0.15, 0.2) is 0 Å². The van der Waals surface area contributed by atoms with E-state index < -0.39 is 0 Å². The van der Waals surface area contributed by atoms with Gasteiger partial charge in [0, 0.05) is 10.9 Å². The van der Waals surface area contributed by atoms with Crippen LogP contribution in [0.4, 0.5) is 0 Å². The van der Waals surface area contributed by atoms with Gasteiger partial charge in [0.2, 0.25) is 0 Å². The van der Waals surface area contributed by atoms with Crippen molar-refractivity contribution in [1.29, 1.82) is 0 Å². The smallest absolute Gasteiger partial charge is 0.119 e. The number of hydrogen-bond donors (Lipinski definition) is 1. The third-order valence-corrected chi connectivity index (χ3v) is 5.09. The monoisotopic (exact) mass is 303 g/mol. The molecule has 0 aliphatic rings. The van der Waals surface area contributed by atoms with E-state index in [2.05, 4.69) is 45.0 Å². The fraction of sp³-hybridized carbons (Fsp3) is 0.444. The number of benzene rings is 1. The first-order valence-electron chi connectivity index (χ1n) is 7.59. The van der Waals surface area contributed by atoms with Gasteiger partial charge in [-0.15, -0.1) is 11.8 Å². The van der Waals surface area contributed by atoms with Crippen LogP contribution < -0.4 is 5.73 Å². The fourth-order valence-electron chi connectivity index (χ4n) is 2.25. The molecular formula is C18H25NOS. The van der Waals surface area contributed by atoms with Crippen LogP contribution in [0.15, 0.2) is 45.7 Å². The number of nitrogens with two attached hydrogens (primary N) is 1. The van der Waals surface area contributed by atoms with Gasteiger partial charge in [-0.3, -0.25) is 0 Å². The highest BCUT2D eigenvalue weighted by Gasteiger charge is 2.23.